The van der Waals surface area contributed by atoms with Crippen LogP contribution < -0.4 is 5.73 Å². The molecule has 2 heterocycles. The van der Waals surface area contributed by atoms with E-state index in [2.05, 4.69) is 25.7 Å². The predicted octanol–water partition coefficient (Wildman–Crippen LogP) is 1.61. The number of ether oxygens (including phenoxy) is 1. The Bertz CT molecular complexity index is 246. The van der Waals surface area contributed by atoms with Gasteiger partial charge >= 0.3 is 0 Å². The highest BCUT2D eigenvalue weighted by Gasteiger charge is 2.47. The van der Waals surface area contributed by atoms with Gasteiger partial charge in [-0.15, -0.1) is 0 Å². The van der Waals surface area contributed by atoms with Gasteiger partial charge in [0, 0.05) is 19.2 Å². The second-order valence-corrected chi connectivity index (χ2v) is 5.74. The molecule has 3 nitrogen and oxygen atoms in total. The monoisotopic (exact) mass is 226 g/mol. The molecule has 2 saturated heterocycles. The average Bonchev–Trinajstić information content (AvgIpc) is 2.61. The number of hydrogen-bond donors (Lipinski definition) is 1. The summed E-state index contributed by atoms with van der Waals surface area (Å²) in [6, 6.07) is 0.649. The van der Waals surface area contributed by atoms with Crippen LogP contribution >= 0.6 is 0 Å². The van der Waals surface area contributed by atoms with E-state index >= 15 is 0 Å². The molecule has 0 spiro atoms. The van der Waals surface area contributed by atoms with E-state index in [-0.39, 0.29) is 11.6 Å². The second-order valence-electron chi connectivity index (χ2n) is 5.74. The Kier molecular flexibility index (Phi) is 3.57. The molecule has 0 amide bonds. The molecule has 2 N–H and O–H groups in total. The van der Waals surface area contributed by atoms with Crippen LogP contribution in [0, 0.1) is 5.92 Å². The summed E-state index contributed by atoms with van der Waals surface area (Å²) in [5, 5.41) is 0. The molecule has 0 aromatic rings. The highest BCUT2D eigenvalue weighted by molar-refractivity contribution is 5.03. The maximum absolute atomic E-state index is 6.07. The molecule has 2 aliphatic rings. The summed E-state index contributed by atoms with van der Waals surface area (Å²) in [6.45, 7) is 9.68. The minimum absolute atomic E-state index is 0.111. The van der Waals surface area contributed by atoms with E-state index in [0.29, 0.717) is 6.04 Å². The summed E-state index contributed by atoms with van der Waals surface area (Å²) in [6.07, 6.45) is 3.99. The highest BCUT2D eigenvalue weighted by atomic mass is 16.5. The fourth-order valence-electron chi connectivity index (χ4n) is 3.60. The zero-order valence-electron chi connectivity index (χ0n) is 10.9. The first-order valence-electron chi connectivity index (χ1n) is 6.68. The number of nitrogens with zero attached hydrogens (tertiary/aromatic N) is 1. The zero-order valence-corrected chi connectivity index (χ0v) is 10.9. The molecule has 0 aromatic heterocycles. The van der Waals surface area contributed by atoms with Gasteiger partial charge in [0.15, 0.2) is 0 Å². The molecule has 0 aromatic carbocycles. The zero-order chi connectivity index (χ0) is 11.8. The molecule has 16 heavy (non-hydrogen) atoms. The number of nitrogens with two attached hydrogens (primary N) is 1. The maximum Gasteiger partial charge on any atom is 0.0743 e. The van der Waals surface area contributed by atoms with Crippen molar-refractivity contribution in [1.29, 1.82) is 0 Å². The first kappa shape index (κ1) is 12.3. The lowest BCUT2D eigenvalue weighted by Gasteiger charge is -2.49. The van der Waals surface area contributed by atoms with Crippen LogP contribution in [0.1, 0.15) is 40.0 Å². The summed E-state index contributed by atoms with van der Waals surface area (Å²) >= 11 is 0. The molecule has 0 radical (unpaired) electrons. The van der Waals surface area contributed by atoms with Crippen LogP contribution in [0.2, 0.25) is 0 Å². The van der Waals surface area contributed by atoms with Gasteiger partial charge in [-0.1, -0.05) is 6.92 Å². The lowest BCUT2D eigenvalue weighted by Crippen LogP contribution is -2.62. The summed E-state index contributed by atoms with van der Waals surface area (Å²) in [7, 11) is 0. The van der Waals surface area contributed by atoms with Crippen molar-refractivity contribution in [2.45, 2.75) is 57.7 Å². The normalized spacial score (nSPS) is 46.1. The van der Waals surface area contributed by atoms with E-state index in [9.17, 15) is 0 Å². The number of hydrogen-bond acceptors (Lipinski definition) is 3. The Morgan fingerprint density at radius 1 is 1.38 bits per heavy atom. The van der Waals surface area contributed by atoms with E-state index in [1.54, 1.807) is 0 Å². The predicted molar refractivity (Wildman–Crippen MR) is 66.4 cm³/mol. The van der Waals surface area contributed by atoms with Crippen molar-refractivity contribution in [2.24, 2.45) is 11.7 Å². The molecule has 4 atom stereocenters. The molecule has 2 aliphatic heterocycles. The molecule has 3 heteroatoms. The van der Waals surface area contributed by atoms with Crippen molar-refractivity contribution in [3.63, 3.8) is 0 Å². The van der Waals surface area contributed by atoms with Crippen LogP contribution in [-0.2, 0) is 4.74 Å². The summed E-state index contributed by atoms with van der Waals surface area (Å²) in [5.41, 5.74) is 6.18. The Balaban J connectivity index is 2.15. The van der Waals surface area contributed by atoms with Crippen LogP contribution in [0.5, 0.6) is 0 Å². The highest BCUT2D eigenvalue weighted by Crippen LogP contribution is 2.37. The standard InChI is InChI=1S/C13H26N2O/c1-10-4-6-15(11(2)8-10)13(9-14)5-7-16-12(13)3/h10-12H,4-9,14H2,1-3H3. The van der Waals surface area contributed by atoms with Gasteiger partial charge < -0.3 is 10.5 Å². The molecule has 0 aliphatic carbocycles. The smallest absolute Gasteiger partial charge is 0.0743 e. The van der Waals surface area contributed by atoms with Gasteiger partial charge in [-0.05, 0) is 45.6 Å². The molecule has 2 rings (SSSR count). The van der Waals surface area contributed by atoms with Gasteiger partial charge in [-0.2, -0.15) is 0 Å². The lowest BCUT2D eigenvalue weighted by atomic mass is 9.83. The van der Waals surface area contributed by atoms with E-state index < -0.39 is 0 Å². The van der Waals surface area contributed by atoms with Crippen molar-refractivity contribution >= 4 is 0 Å². The molecule has 0 bridgehead atoms. The maximum atomic E-state index is 6.07. The van der Waals surface area contributed by atoms with Crippen molar-refractivity contribution in [1.82, 2.24) is 4.90 Å². The largest absolute Gasteiger partial charge is 0.376 e. The quantitative estimate of drug-likeness (QED) is 0.777. The van der Waals surface area contributed by atoms with Crippen LogP contribution in [0.4, 0.5) is 0 Å². The Morgan fingerprint density at radius 3 is 2.62 bits per heavy atom. The second kappa shape index (κ2) is 4.63. The third-order valence-electron chi connectivity index (χ3n) is 4.72. The van der Waals surface area contributed by atoms with E-state index in [1.807, 2.05) is 0 Å². The average molecular weight is 226 g/mol. The van der Waals surface area contributed by atoms with E-state index in [1.165, 1.54) is 19.4 Å². The van der Waals surface area contributed by atoms with E-state index in [0.717, 1.165) is 25.5 Å². The van der Waals surface area contributed by atoms with Gasteiger partial charge in [0.25, 0.3) is 0 Å². The molecule has 2 fully saturated rings. The molecular weight excluding hydrogens is 200 g/mol. The summed E-state index contributed by atoms with van der Waals surface area (Å²) < 4.78 is 5.77. The molecule has 0 saturated carbocycles. The fraction of sp³-hybridized carbons (Fsp3) is 1.00. The minimum atomic E-state index is 0.111. The van der Waals surface area contributed by atoms with Gasteiger partial charge in [0.05, 0.1) is 11.6 Å². The van der Waals surface area contributed by atoms with Crippen molar-refractivity contribution in [3.05, 3.63) is 0 Å². The van der Waals surface area contributed by atoms with Gasteiger partial charge in [-0.3, -0.25) is 4.90 Å². The van der Waals surface area contributed by atoms with Crippen molar-refractivity contribution < 1.29 is 4.74 Å². The van der Waals surface area contributed by atoms with Gasteiger partial charge in [0.1, 0.15) is 0 Å². The van der Waals surface area contributed by atoms with Crippen LogP contribution in [0.3, 0.4) is 0 Å². The summed E-state index contributed by atoms with van der Waals surface area (Å²) in [5.74, 6) is 0.860. The van der Waals surface area contributed by atoms with Crippen LogP contribution in [-0.4, -0.2) is 42.3 Å². The third-order valence-corrected chi connectivity index (χ3v) is 4.72. The van der Waals surface area contributed by atoms with Crippen molar-refractivity contribution in [2.75, 3.05) is 19.7 Å². The topological polar surface area (TPSA) is 38.5 Å². The van der Waals surface area contributed by atoms with Crippen LogP contribution in [0.25, 0.3) is 0 Å². The molecule has 94 valence electrons. The van der Waals surface area contributed by atoms with Crippen molar-refractivity contribution in [3.8, 4) is 0 Å². The van der Waals surface area contributed by atoms with Crippen LogP contribution in [0.15, 0.2) is 0 Å². The van der Waals surface area contributed by atoms with Gasteiger partial charge in [-0.25, -0.2) is 0 Å². The fourth-order valence-corrected chi connectivity index (χ4v) is 3.60. The first-order valence-corrected chi connectivity index (χ1v) is 6.68. The number of piperidine rings is 1. The summed E-state index contributed by atoms with van der Waals surface area (Å²) in [4.78, 5) is 2.63. The SMILES string of the molecule is CC1CCN(C2(CN)CCOC2C)C(C)C1. The lowest BCUT2D eigenvalue weighted by molar-refractivity contribution is -0.0290. The Hall–Kier alpha value is -0.120. The van der Waals surface area contributed by atoms with E-state index in [4.69, 9.17) is 10.5 Å². The Labute approximate surface area is 99.3 Å². The number of rotatable bonds is 2. The third kappa shape index (κ3) is 1.89. The molecule has 4 unspecified atom stereocenters. The first-order chi connectivity index (χ1) is 7.60. The molecular formula is C13H26N2O. The Morgan fingerprint density at radius 2 is 2.12 bits per heavy atom. The number of likely N-dealkylation sites (tertiary alicyclic amines) is 1. The van der Waals surface area contributed by atoms with Gasteiger partial charge in [0.2, 0.25) is 0 Å². The minimum Gasteiger partial charge on any atom is -0.376 e.